The summed E-state index contributed by atoms with van der Waals surface area (Å²) in [6.45, 7) is -3.78. The molecule has 0 bridgehead atoms. The Labute approximate surface area is 340 Å². The van der Waals surface area contributed by atoms with Gasteiger partial charge in [-0.3, -0.25) is 0 Å². The van der Waals surface area contributed by atoms with Crippen molar-refractivity contribution in [3.63, 3.8) is 0 Å². The van der Waals surface area contributed by atoms with E-state index in [1.54, 1.807) is 43.5 Å². The average molecular weight is 781 g/mol. The molecule has 0 spiro atoms. The van der Waals surface area contributed by atoms with Crippen LogP contribution in [0.15, 0.2) is 212 Å². The van der Waals surface area contributed by atoms with E-state index in [1.165, 1.54) is 0 Å². The van der Waals surface area contributed by atoms with Crippen LogP contribution in [0.3, 0.4) is 0 Å². The Balaban J connectivity index is 1.22. The van der Waals surface area contributed by atoms with Gasteiger partial charge in [0.05, 0.1) is 0 Å². The van der Waals surface area contributed by atoms with Crippen molar-refractivity contribution in [2.24, 2.45) is 0 Å². The molecular weight excluding hydrogens is 736 g/mol. The van der Waals surface area contributed by atoms with Crippen molar-refractivity contribution >= 4 is 22.7 Å². The Morgan fingerprint density at radius 2 is 0.621 bits per heavy atom. The molecule has 0 aliphatic carbocycles. The fourth-order valence-corrected chi connectivity index (χ4v) is 13.5. The first-order chi connectivity index (χ1) is 28.4. The van der Waals surface area contributed by atoms with Gasteiger partial charge in [-0.1, -0.05) is 24.3 Å². The molecule has 0 aromatic heterocycles. The zero-order valence-corrected chi connectivity index (χ0v) is 33.1. The fourth-order valence-electron chi connectivity index (χ4n) is 8.32. The summed E-state index contributed by atoms with van der Waals surface area (Å²) in [4.78, 5) is 0. The molecule has 0 radical (unpaired) electrons. The van der Waals surface area contributed by atoms with E-state index in [1.807, 2.05) is 54.6 Å². The van der Waals surface area contributed by atoms with Gasteiger partial charge in [0, 0.05) is 0 Å². The summed E-state index contributed by atoms with van der Waals surface area (Å²) in [5, 5.41) is 33.6. The molecular formula is C52H45O5P. The monoisotopic (exact) mass is 780 g/mol. The van der Waals surface area contributed by atoms with Crippen LogP contribution in [-0.2, 0) is 4.74 Å². The summed E-state index contributed by atoms with van der Waals surface area (Å²) < 4.78 is 13.8. The number of aromatic hydroxyl groups is 3. The summed E-state index contributed by atoms with van der Waals surface area (Å²) in [7, 11) is 1.74. The van der Waals surface area contributed by atoms with Gasteiger partial charge in [0.2, 0.25) is 0 Å². The Kier molecular flexibility index (Phi) is 10.8. The summed E-state index contributed by atoms with van der Waals surface area (Å²) >= 11 is 0. The molecule has 8 aromatic rings. The quantitative estimate of drug-likeness (QED) is 0.0802. The first-order valence-electron chi connectivity index (χ1n) is 19.3. The van der Waals surface area contributed by atoms with Gasteiger partial charge in [0.25, 0.3) is 0 Å². The molecule has 0 saturated heterocycles. The Bertz CT molecular complexity index is 2400. The molecule has 0 saturated carbocycles. The molecule has 0 heterocycles. The van der Waals surface area contributed by atoms with Crippen molar-refractivity contribution in [2.75, 3.05) is 13.5 Å². The van der Waals surface area contributed by atoms with Crippen LogP contribution in [0.4, 0.5) is 0 Å². The molecule has 288 valence electrons. The minimum absolute atomic E-state index is 0.124. The molecule has 0 aliphatic rings. The van der Waals surface area contributed by atoms with Gasteiger partial charge in [-0.25, -0.2) is 0 Å². The predicted molar refractivity (Wildman–Crippen MR) is 237 cm³/mol. The first-order valence-corrected chi connectivity index (χ1v) is 21.7. The van der Waals surface area contributed by atoms with Gasteiger partial charge in [0.15, 0.2) is 0 Å². The fraction of sp³-hybridized carbons (Fsp3) is 0.0769. The Morgan fingerprint density at radius 3 is 0.897 bits per heavy atom. The van der Waals surface area contributed by atoms with E-state index in [0.717, 1.165) is 55.0 Å². The molecule has 0 aliphatic heterocycles. The molecule has 58 heavy (non-hydrogen) atoms. The normalized spacial score (nSPS) is 12.7. The number of hydrogen-bond donors (Lipinski definition) is 3. The predicted octanol–water partition coefficient (Wildman–Crippen LogP) is 10.6. The van der Waals surface area contributed by atoms with Gasteiger partial charge >= 0.3 is 271 Å². The van der Waals surface area contributed by atoms with Crippen LogP contribution in [0.25, 0.3) is 0 Å². The second-order valence-electron chi connectivity index (χ2n) is 14.6. The van der Waals surface area contributed by atoms with Crippen LogP contribution in [0.5, 0.6) is 23.0 Å². The summed E-state index contributed by atoms with van der Waals surface area (Å²) in [5.41, 5.74) is 6.29. The molecule has 0 amide bonds. The zero-order chi connectivity index (χ0) is 40.0. The number of methoxy groups -OCH3 is 1. The van der Waals surface area contributed by atoms with Crippen molar-refractivity contribution in [2.45, 2.75) is 11.8 Å². The Hall–Kier alpha value is -6.65. The maximum absolute atomic E-state index is 10.3. The van der Waals surface area contributed by atoms with Crippen molar-refractivity contribution in [3.8, 4) is 23.0 Å². The van der Waals surface area contributed by atoms with Crippen LogP contribution in [0.1, 0.15) is 45.2 Å². The number of benzene rings is 8. The standard InChI is InChI=1S/C52H45O5P/c1-56-37-58(48-11-5-2-6-12-48,49-13-7-3-8-14-49,50-15-9-4-10-16-50)57-47-35-27-43(28-36-47)52(42-25-33-46(55)34-26-42)39-19-17-38(18-20-39)51(40-21-29-44(53)30-22-40)41-23-31-45(54)32-24-41/h2-36,51-55H,37H2,1H3. The Morgan fingerprint density at radius 1 is 0.362 bits per heavy atom. The van der Waals surface area contributed by atoms with Crippen LogP contribution in [0, 0.1) is 0 Å². The van der Waals surface area contributed by atoms with E-state index in [4.69, 9.17) is 9.26 Å². The molecule has 8 aromatic carbocycles. The number of phenolic OH excluding ortho intramolecular Hbond substituents is 3. The summed E-state index contributed by atoms with van der Waals surface area (Å²) in [6, 6.07) is 70.4. The third-order valence-electron chi connectivity index (χ3n) is 11.1. The first kappa shape index (κ1) is 38.2. The van der Waals surface area contributed by atoms with Gasteiger partial charge in [-0.2, -0.15) is 0 Å². The second kappa shape index (κ2) is 16.4. The maximum atomic E-state index is 10.3. The van der Waals surface area contributed by atoms with Crippen LogP contribution >= 0.6 is 6.83 Å². The molecule has 0 fully saturated rings. The van der Waals surface area contributed by atoms with E-state index in [2.05, 4.69) is 121 Å². The third-order valence-corrected chi connectivity index (χ3v) is 16.6. The van der Waals surface area contributed by atoms with Gasteiger partial charge in [-0.15, -0.1) is 0 Å². The van der Waals surface area contributed by atoms with Gasteiger partial charge < -0.3 is 10.2 Å². The number of phenols is 3. The molecule has 6 heteroatoms. The summed E-state index contributed by atoms with van der Waals surface area (Å²) in [5.74, 6) is 1.06. The minimum atomic E-state index is -3.78. The van der Waals surface area contributed by atoms with Gasteiger partial charge in [-0.05, 0) is 24.3 Å². The van der Waals surface area contributed by atoms with E-state index in [-0.39, 0.29) is 29.1 Å². The van der Waals surface area contributed by atoms with Crippen molar-refractivity contribution in [3.05, 3.63) is 246 Å². The number of rotatable bonds is 13. The van der Waals surface area contributed by atoms with Crippen molar-refractivity contribution in [1.82, 2.24) is 0 Å². The zero-order valence-electron chi connectivity index (χ0n) is 32.2. The number of ether oxygens (including phenoxy) is 1. The van der Waals surface area contributed by atoms with E-state index >= 15 is 0 Å². The van der Waals surface area contributed by atoms with E-state index < -0.39 is 6.83 Å². The molecule has 3 N–H and O–H groups in total. The van der Waals surface area contributed by atoms with E-state index in [0.29, 0.717) is 6.35 Å². The topological polar surface area (TPSA) is 79.2 Å². The SMILES string of the molecule is COCP(Oc1ccc(C(c2ccc(O)cc2)c2ccc(C(c3ccc(O)cc3)c3ccc(O)cc3)cc2)cc1)(c1ccccc1)(c1ccccc1)c1ccccc1. The molecule has 1 atom stereocenters. The molecule has 5 nitrogen and oxygen atoms in total. The van der Waals surface area contributed by atoms with Crippen LogP contribution in [-0.4, -0.2) is 28.8 Å². The third kappa shape index (κ3) is 7.23. The van der Waals surface area contributed by atoms with Crippen molar-refractivity contribution < 1.29 is 24.6 Å². The van der Waals surface area contributed by atoms with Gasteiger partial charge in [0.1, 0.15) is 11.5 Å². The van der Waals surface area contributed by atoms with Crippen LogP contribution < -0.4 is 20.4 Å². The second-order valence-corrected chi connectivity index (χ2v) is 19.0. The van der Waals surface area contributed by atoms with E-state index in [9.17, 15) is 15.3 Å². The molecule has 8 rings (SSSR count). The summed E-state index contributed by atoms with van der Waals surface area (Å²) in [6.07, 6.45) is 0.336. The van der Waals surface area contributed by atoms with Crippen molar-refractivity contribution in [1.29, 1.82) is 0 Å². The number of hydrogen-bond acceptors (Lipinski definition) is 5. The average Bonchev–Trinajstić information content (AvgIpc) is 3.28. The molecule has 1 unspecified atom stereocenters. The van der Waals surface area contributed by atoms with Crippen LogP contribution in [0.2, 0.25) is 0 Å².